The molecule has 0 saturated carbocycles. The minimum Gasteiger partial charge on any atom is -0.465 e. The highest BCUT2D eigenvalue weighted by atomic mass is 32.2. The van der Waals surface area contributed by atoms with Crippen LogP contribution in [-0.2, 0) is 24.3 Å². The van der Waals surface area contributed by atoms with E-state index in [0.29, 0.717) is 53.2 Å². The number of ether oxygens (including phenoxy) is 1. The Bertz CT molecular complexity index is 1100. The van der Waals surface area contributed by atoms with E-state index in [-0.39, 0.29) is 26.6 Å². The van der Waals surface area contributed by atoms with Crippen LogP contribution in [0.1, 0.15) is 64.2 Å². The van der Waals surface area contributed by atoms with Gasteiger partial charge in [0.2, 0.25) is 0 Å². The molecule has 8 heteroatoms. The van der Waals surface area contributed by atoms with Gasteiger partial charge in [-0.05, 0) is 23.0 Å². The summed E-state index contributed by atoms with van der Waals surface area (Å²) < 4.78 is 32.9. The number of sulfonamides is 1. The molecule has 0 unspecified atom stereocenters. The van der Waals surface area contributed by atoms with Gasteiger partial charge in [-0.3, -0.25) is 9.59 Å². The van der Waals surface area contributed by atoms with Gasteiger partial charge in [-0.15, -0.1) is 11.3 Å². The van der Waals surface area contributed by atoms with E-state index >= 15 is 0 Å². The van der Waals surface area contributed by atoms with Crippen molar-refractivity contribution in [1.29, 1.82) is 0 Å². The van der Waals surface area contributed by atoms with Crippen molar-refractivity contribution < 1.29 is 22.7 Å². The summed E-state index contributed by atoms with van der Waals surface area (Å²) in [4.78, 5) is 27.2. The normalized spacial score (nSPS) is 23.7. The molecule has 0 saturated heterocycles. The lowest BCUT2D eigenvalue weighted by Crippen LogP contribution is -2.37. The van der Waals surface area contributed by atoms with E-state index in [9.17, 15) is 18.0 Å². The van der Waals surface area contributed by atoms with Crippen molar-refractivity contribution in [3.63, 3.8) is 0 Å². The average Bonchev–Trinajstić information content (AvgIpc) is 3.07. The maximum absolute atomic E-state index is 13.3. The van der Waals surface area contributed by atoms with Crippen molar-refractivity contribution >= 4 is 32.9 Å². The minimum absolute atomic E-state index is 0.0224. The fraction of sp³-hybridized carbons (Fsp3) is 0.565. The van der Waals surface area contributed by atoms with Gasteiger partial charge in [-0.25, -0.2) is 12.7 Å². The van der Waals surface area contributed by atoms with Crippen molar-refractivity contribution in [3.05, 3.63) is 39.7 Å². The molecule has 0 fully saturated rings. The monoisotopic (exact) mass is 463 g/mol. The van der Waals surface area contributed by atoms with Crippen molar-refractivity contribution in [2.75, 3.05) is 14.1 Å². The third kappa shape index (κ3) is 3.83. The number of hydrogen-bond acceptors (Lipinski definition) is 6. The van der Waals surface area contributed by atoms with Gasteiger partial charge in [0.05, 0.1) is 5.92 Å². The quantitative estimate of drug-likeness (QED) is 0.664. The molecule has 1 aromatic heterocycles. The van der Waals surface area contributed by atoms with E-state index in [1.54, 1.807) is 12.1 Å². The van der Waals surface area contributed by atoms with Gasteiger partial charge in [0.1, 0.15) is 15.7 Å². The number of nitrogens with zero attached hydrogens (tertiary/aromatic N) is 1. The lowest BCUT2D eigenvalue weighted by Gasteiger charge is -2.42. The van der Waals surface area contributed by atoms with Crippen molar-refractivity contribution in [3.8, 4) is 0 Å². The third-order valence-electron chi connectivity index (χ3n) is 6.20. The van der Waals surface area contributed by atoms with Crippen LogP contribution >= 0.6 is 11.3 Å². The SMILES string of the molecule is CN(C)S(=O)(=O)c1ccc(C2C3=C(CC(C)(C)CC3=O)OC3=C2C(=O)CC(C)(C)C3)s1. The highest BCUT2D eigenvalue weighted by Crippen LogP contribution is 2.54. The first kappa shape index (κ1) is 22.4. The zero-order valence-corrected chi connectivity index (χ0v) is 20.5. The van der Waals surface area contributed by atoms with Crippen LogP contribution in [0, 0.1) is 10.8 Å². The van der Waals surface area contributed by atoms with Gasteiger partial charge in [-0.1, -0.05) is 27.7 Å². The highest BCUT2D eigenvalue weighted by Gasteiger charge is 2.48. The molecule has 6 nitrogen and oxygen atoms in total. The molecule has 3 aliphatic rings. The number of allylic oxidation sites excluding steroid dienone is 4. The van der Waals surface area contributed by atoms with Crippen LogP contribution in [0.4, 0.5) is 0 Å². The molecule has 0 radical (unpaired) electrons. The Hall–Kier alpha value is -1.77. The van der Waals surface area contributed by atoms with Crippen molar-refractivity contribution in [2.24, 2.45) is 10.8 Å². The Kier molecular flexibility index (Phi) is 5.15. The molecule has 1 aromatic rings. The summed E-state index contributed by atoms with van der Waals surface area (Å²) in [6.45, 7) is 8.17. The van der Waals surface area contributed by atoms with Crippen molar-refractivity contribution in [1.82, 2.24) is 4.31 Å². The Balaban J connectivity index is 1.90. The van der Waals surface area contributed by atoms with Crippen LogP contribution in [0.5, 0.6) is 0 Å². The molecular formula is C23H29NO5S2. The fourth-order valence-corrected chi connectivity index (χ4v) is 7.38. The summed E-state index contributed by atoms with van der Waals surface area (Å²) in [5.41, 5.74) is 0.618. The van der Waals surface area contributed by atoms with Gasteiger partial charge in [-0.2, -0.15) is 0 Å². The maximum atomic E-state index is 13.3. The second kappa shape index (κ2) is 7.12. The number of carbonyl (C=O) groups excluding carboxylic acids is 2. The van der Waals surface area contributed by atoms with Crippen LogP contribution in [0.3, 0.4) is 0 Å². The van der Waals surface area contributed by atoms with Crippen LogP contribution in [0.15, 0.2) is 39.0 Å². The molecule has 4 rings (SSSR count). The molecule has 168 valence electrons. The van der Waals surface area contributed by atoms with E-state index in [1.165, 1.54) is 18.4 Å². The van der Waals surface area contributed by atoms with Crippen LogP contribution < -0.4 is 0 Å². The highest BCUT2D eigenvalue weighted by molar-refractivity contribution is 7.91. The van der Waals surface area contributed by atoms with Gasteiger partial charge < -0.3 is 4.74 Å². The molecule has 0 atom stereocenters. The largest absolute Gasteiger partial charge is 0.465 e. The summed E-state index contributed by atoms with van der Waals surface area (Å²) in [5.74, 6) is 0.681. The van der Waals surface area contributed by atoms with Gasteiger partial charge in [0.25, 0.3) is 10.0 Å². The summed E-state index contributed by atoms with van der Waals surface area (Å²) in [5, 5.41) is 0. The lowest BCUT2D eigenvalue weighted by atomic mass is 9.67. The van der Waals surface area contributed by atoms with Gasteiger partial charge in [0.15, 0.2) is 11.6 Å². The predicted molar refractivity (Wildman–Crippen MR) is 119 cm³/mol. The minimum atomic E-state index is -3.60. The molecule has 1 aliphatic heterocycles. The van der Waals surface area contributed by atoms with E-state index in [1.807, 2.05) is 27.7 Å². The predicted octanol–water partition coefficient (Wildman–Crippen LogP) is 4.40. The number of carbonyl (C=O) groups is 2. The fourth-order valence-electron chi connectivity index (χ4n) is 4.77. The Morgan fingerprint density at radius 1 is 0.903 bits per heavy atom. The van der Waals surface area contributed by atoms with Gasteiger partial charge in [0, 0.05) is 55.8 Å². The number of Topliss-reactive ketones (excluding diaryl/α,β-unsaturated/α-hetero) is 2. The van der Waals surface area contributed by atoms with Crippen LogP contribution in [0.25, 0.3) is 0 Å². The Labute approximate surface area is 188 Å². The first-order valence-electron chi connectivity index (χ1n) is 10.4. The van der Waals surface area contributed by atoms with E-state index in [2.05, 4.69) is 0 Å². The Morgan fingerprint density at radius 3 is 1.84 bits per heavy atom. The number of hydrogen-bond donors (Lipinski definition) is 0. The summed E-state index contributed by atoms with van der Waals surface area (Å²) in [7, 11) is -0.619. The number of ketones is 2. The zero-order chi connectivity index (χ0) is 22.9. The first-order valence-corrected chi connectivity index (χ1v) is 12.7. The molecule has 2 aliphatic carbocycles. The average molecular weight is 464 g/mol. The van der Waals surface area contributed by atoms with E-state index in [0.717, 1.165) is 11.3 Å². The standard InChI is InChI=1S/C23H29NO5S2/c1-22(2)9-13(25)19-15(11-22)29-16-12-23(3,4)10-14(26)20(16)21(19)17-7-8-18(30-17)31(27,28)24(5)6/h7-8,21H,9-12H2,1-6H3. The van der Waals surface area contributed by atoms with Gasteiger partial charge >= 0.3 is 0 Å². The summed E-state index contributed by atoms with van der Waals surface area (Å²) in [6.07, 6.45) is 1.98. The smallest absolute Gasteiger partial charge is 0.252 e. The first-order chi connectivity index (χ1) is 14.2. The second-order valence-corrected chi connectivity index (χ2v) is 14.0. The maximum Gasteiger partial charge on any atom is 0.252 e. The zero-order valence-electron chi connectivity index (χ0n) is 18.9. The molecule has 0 aromatic carbocycles. The Morgan fingerprint density at radius 2 is 1.39 bits per heavy atom. The third-order valence-corrected chi connectivity index (χ3v) is 9.64. The van der Waals surface area contributed by atoms with Crippen LogP contribution in [0.2, 0.25) is 0 Å². The second-order valence-electron chi connectivity index (χ2n) is 10.5. The summed E-state index contributed by atoms with van der Waals surface area (Å²) in [6, 6.07) is 3.31. The molecule has 0 N–H and O–H groups in total. The van der Waals surface area contributed by atoms with E-state index in [4.69, 9.17) is 4.74 Å². The molecule has 0 spiro atoms. The van der Waals surface area contributed by atoms with Crippen LogP contribution in [-0.4, -0.2) is 38.4 Å². The molecule has 0 bridgehead atoms. The number of thiophene rings is 1. The molecular weight excluding hydrogens is 434 g/mol. The summed E-state index contributed by atoms with van der Waals surface area (Å²) >= 11 is 1.13. The molecule has 31 heavy (non-hydrogen) atoms. The lowest BCUT2D eigenvalue weighted by molar-refractivity contribution is -0.120. The van der Waals surface area contributed by atoms with Crippen molar-refractivity contribution in [2.45, 2.75) is 63.5 Å². The van der Waals surface area contributed by atoms with E-state index < -0.39 is 15.9 Å². The topological polar surface area (TPSA) is 80.8 Å². The molecule has 2 heterocycles. The number of rotatable bonds is 3. The molecule has 0 amide bonds.